The molecule has 1 atom stereocenters. The van der Waals surface area contributed by atoms with Gasteiger partial charge in [0, 0.05) is 12.5 Å². The van der Waals surface area contributed by atoms with Crippen molar-refractivity contribution in [2.45, 2.75) is 32.2 Å². The third kappa shape index (κ3) is 4.05. The van der Waals surface area contributed by atoms with Crippen LogP contribution in [0.2, 0.25) is 0 Å². The van der Waals surface area contributed by atoms with Crippen LogP contribution in [0.25, 0.3) is 0 Å². The molecule has 1 unspecified atom stereocenters. The maximum absolute atomic E-state index is 5.11. The summed E-state index contributed by atoms with van der Waals surface area (Å²) in [6, 6.07) is 0.612. The molecule has 0 rings (SSSR count). The van der Waals surface area contributed by atoms with Crippen LogP contribution in [0.4, 0.5) is 0 Å². The molecular weight excluding hydrogens is 110 g/mol. The van der Waals surface area contributed by atoms with Crippen molar-refractivity contribution in [2.75, 3.05) is 7.05 Å². The molecule has 0 radical (unpaired) electrons. The molecule has 0 amide bonds. The van der Waals surface area contributed by atoms with Crippen LogP contribution in [0, 0.1) is 12.3 Å². The zero-order valence-corrected chi connectivity index (χ0v) is 6.28. The lowest BCUT2D eigenvalue weighted by Gasteiger charge is -2.10. The van der Waals surface area contributed by atoms with Crippen molar-refractivity contribution in [3.8, 4) is 12.3 Å². The van der Waals surface area contributed by atoms with Gasteiger partial charge in [0.15, 0.2) is 0 Å². The van der Waals surface area contributed by atoms with E-state index < -0.39 is 0 Å². The van der Waals surface area contributed by atoms with Gasteiger partial charge in [0.05, 0.1) is 0 Å². The van der Waals surface area contributed by atoms with Crippen LogP contribution in [0.1, 0.15) is 26.2 Å². The van der Waals surface area contributed by atoms with Crippen LogP contribution >= 0.6 is 0 Å². The highest BCUT2D eigenvalue weighted by Gasteiger charge is 1.98. The lowest BCUT2D eigenvalue weighted by atomic mass is 10.1. The maximum Gasteiger partial charge on any atom is 0.0101 e. The van der Waals surface area contributed by atoms with E-state index in [-0.39, 0.29) is 0 Å². The summed E-state index contributed by atoms with van der Waals surface area (Å²) in [5, 5.41) is 3.19. The lowest BCUT2D eigenvalue weighted by molar-refractivity contribution is 0.516. The summed E-state index contributed by atoms with van der Waals surface area (Å²) in [7, 11) is 1.98. The Hall–Kier alpha value is -0.480. The number of rotatable bonds is 4. The highest BCUT2D eigenvalue weighted by molar-refractivity contribution is 4.85. The number of hydrogen-bond acceptors (Lipinski definition) is 1. The Morgan fingerprint density at radius 3 is 2.67 bits per heavy atom. The van der Waals surface area contributed by atoms with Crippen LogP contribution in [0.15, 0.2) is 0 Å². The first-order valence-corrected chi connectivity index (χ1v) is 3.45. The summed E-state index contributed by atoms with van der Waals surface area (Å²) >= 11 is 0. The second kappa shape index (κ2) is 5.65. The predicted molar refractivity (Wildman–Crippen MR) is 41.2 cm³/mol. The molecule has 0 saturated carbocycles. The van der Waals surface area contributed by atoms with E-state index >= 15 is 0 Å². The summed E-state index contributed by atoms with van der Waals surface area (Å²) in [5.41, 5.74) is 0. The van der Waals surface area contributed by atoms with Crippen molar-refractivity contribution in [3.05, 3.63) is 0 Å². The third-order valence-electron chi connectivity index (χ3n) is 1.54. The smallest absolute Gasteiger partial charge is 0.0101 e. The number of nitrogens with one attached hydrogen (secondary N) is 1. The molecule has 1 nitrogen and oxygen atoms in total. The highest BCUT2D eigenvalue weighted by atomic mass is 14.9. The van der Waals surface area contributed by atoms with Crippen molar-refractivity contribution in [3.63, 3.8) is 0 Å². The minimum Gasteiger partial charge on any atom is -0.317 e. The van der Waals surface area contributed by atoms with Crippen LogP contribution in [0.5, 0.6) is 0 Å². The summed E-state index contributed by atoms with van der Waals surface area (Å²) in [6.45, 7) is 2.16. The van der Waals surface area contributed by atoms with Crippen molar-refractivity contribution in [2.24, 2.45) is 0 Å². The van der Waals surface area contributed by atoms with Gasteiger partial charge in [-0.15, -0.1) is 12.3 Å². The highest BCUT2D eigenvalue weighted by Crippen LogP contribution is 1.98. The fourth-order valence-corrected chi connectivity index (χ4v) is 0.810. The van der Waals surface area contributed by atoms with Gasteiger partial charge in [-0.25, -0.2) is 0 Å². The van der Waals surface area contributed by atoms with E-state index in [9.17, 15) is 0 Å². The maximum atomic E-state index is 5.11. The molecule has 0 fully saturated rings. The van der Waals surface area contributed by atoms with E-state index in [4.69, 9.17) is 6.42 Å². The standard InChI is InChI=1S/C8H15N/c1-4-6-7-8(5-2)9-3/h1,8-9H,5-7H2,2-3H3. The Bertz CT molecular complexity index is 87.2. The Labute approximate surface area is 57.8 Å². The first kappa shape index (κ1) is 8.52. The lowest BCUT2D eigenvalue weighted by Crippen LogP contribution is -2.23. The van der Waals surface area contributed by atoms with Gasteiger partial charge >= 0.3 is 0 Å². The summed E-state index contributed by atoms with van der Waals surface area (Å²) in [4.78, 5) is 0. The van der Waals surface area contributed by atoms with Gasteiger partial charge in [0.25, 0.3) is 0 Å². The Kier molecular flexibility index (Phi) is 5.35. The Morgan fingerprint density at radius 2 is 2.33 bits per heavy atom. The molecular formula is C8H15N. The fourth-order valence-electron chi connectivity index (χ4n) is 0.810. The van der Waals surface area contributed by atoms with Crippen molar-refractivity contribution in [1.29, 1.82) is 0 Å². The van der Waals surface area contributed by atoms with Crippen molar-refractivity contribution >= 4 is 0 Å². The molecule has 0 spiro atoms. The SMILES string of the molecule is C#CCCC(CC)NC. The largest absolute Gasteiger partial charge is 0.317 e. The normalized spacial score (nSPS) is 12.6. The molecule has 52 valence electrons. The number of hydrogen-bond donors (Lipinski definition) is 1. The van der Waals surface area contributed by atoms with Gasteiger partial charge in [-0.1, -0.05) is 6.92 Å². The second-order valence-electron chi connectivity index (χ2n) is 2.14. The van der Waals surface area contributed by atoms with Crippen LogP contribution in [-0.2, 0) is 0 Å². The molecule has 1 N–H and O–H groups in total. The molecule has 0 bridgehead atoms. The van der Waals surface area contributed by atoms with Crippen LogP contribution in [0.3, 0.4) is 0 Å². The van der Waals surface area contributed by atoms with Gasteiger partial charge in [-0.05, 0) is 19.9 Å². The van der Waals surface area contributed by atoms with Gasteiger partial charge in [-0.2, -0.15) is 0 Å². The van der Waals surface area contributed by atoms with Crippen molar-refractivity contribution in [1.82, 2.24) is 5.32 Å². The summed E-state index contributed by atoms with van der Waals surface area (Å²) in [5.74, 6) is 2.63. The monoisotopic (exact) mass is 125 g/mol. The Balaban J connectivity index is 3.22. The van der Waals surface area contributed by atoms with E-state index in [1.165, 1.54) is 0 Å². The molecule has 0 aliphatic carbocycles. The zero-order chi connectivity index (χ0) is 7.11. The molecule has 0 saturated heterocycles. The average Bonchev–Trinajstić information content (AvgIpc) is 1.91. The van der Waals surface area contributed by atoms with Crippen LogP contribution < -0.4 is 5.32 Å². The first-order valence-electron chi connectivity index (χ1n) is 3.45. The molecule has 0 aromatic heterocycles. The molecule has 9 heavy (non-hydrogen) atoms. The van der Waals surface area contributed by atoms with Gasteiger partial charge in [0.2, 0.25) is 0 Å². The van der Waals surface area contributed by atoms with E-state index in [0.717, 1.165) is 19.3 Å². The summed E-state index contributed by atoms with van der Waals surface area (Å²) < 4.78 is 0. The predicted octanol–water partition coefficient (Wildman–Crippen LogP) is 1.40. The van der Waals surface area contributed by atoms with E-state index in [1.54, 1.807) is 0 Å². The van der Waals surface area contributed by atoms with Gasteiger partial charge in [0.1, 0.15) is 0 Å². The van der Waals surface area contributed by atoms with Gasteiger partial charge in [-0.3, -0.25) is 0 Å². The van der Waals surface area contributed by atoms with E-state index in [0.29, 0.717) is 6.04 Å². The molecule has 0 heterocycles. The third-order valence-corrected chi connectivity index (χ3v) is 1.54. The van der Waals surface area contributed by atoms with E-state index in [1.807, 2.05) is 7.05 Å². The topological polar surface area (TPSA) is 12.0 Å². The number of terminal acetylenes is 1. The molecule has 1 heteroatoms. The average molecular weight is 125 g/mol. The molecule has 0 aromatic rings. The van der Waals surface area contributed by atoms with E-state index in [2.05, 4.69) is 18.2 Å². The van der Waals surface area contributed by atoms with Crippen molar-refractivity contribution < 1.29 is 0 Å². The van der Waals surface area contributed by atoms with Crippen LogP contribution in [-0.4, -0.2) is 13.1 Å². The summed E-state index contributed by atoms with van der Waals surface area (Å²) in [6.07, 6.45) is 8.26. The quantitative estimate of drug-likeness (QED) is 0.560. The zero-order valence-electron chi connectivity index (χ0n) is 6.28. The molecule has 0 aromatic carbocycles. The molecule has 0 aliphatic heterocycles. The van der Waals surface area contributed by atoms with Gasteiger partial charge < -0.3 is 5.32 Å². The first-order chi connectivity index (χ1) is 4.35. The minimum absolute atomic E-state index is 0.612. The molecule has 0 aliphatic rings. The minimum atomic E-state index is 0.612. The Morgan fingerprint density at radius 1 is 1.67 bits per heavy atom. The fraction of sp³-hybridized carbons (Fsp3) is 0.750. The second-order valence-corrected chi connectivity index (χ2v) is 2.14.